The molecule has 0 saturated carbocycles. The molecule has 3 nitrogen and oxygen atoms in total. The highest BCUT2D eigenvalue weighted by Crippen LogP contribution is 2.36. The van der Waals surface area contributed by atoms with Crippen molar-refractivity contribution in [1.29, 1.82) is 0 Å². The number of hydrogen-bond acceptors (Lipinski definition) is 5. The summed E-state index contributed by atoms with van der Waals surface area (Å²) in [5.41, 5.74) is 7.29. The Morgan fingerprint density at radius 2 is 2.25 bits per heavy atom. The zero-order chi connectivity index (χ0) is 11.7. The van der Waals surface area contributed by atoms with Crippen LogP contribution in [0.4, 0.5) is 5.69 Å². The number of thiophene rings is 2. The molecule has 0 radical (unpaired) electrons. The van der Waals surface area contributed by atoms with Gasteiger partial charge in [-0.15, -0.1) is 22.7 Å². The zero-order valence-corrected chi connectivity index (χ0v) is 11.5. The van der Waals surface area contributed by atoms with Crippen molar-refractivity contribution < 1.29 is 9.53 Å². The molecule has 84 valence electrons. The van der Waals surface area contributed by atoms with E-state index in [1.165, 1.54) is 18.4 Å². The predicted octanol–water partition coefficient (Wildman–Crippen LogP) is 3.61. The summed E-state index contributed by atoms with van der Waals surface area (Å²) in [7, 11) is 1.35. The quantitative estimate of drug-likeness (QED) is 0.861. The van der Waals surface area contributed by atoms with Crippen molar-refractivity contribution in [3.63, 3.8) is 0 Å². The molecular weight excluding hydrogens is 310 g/mol. The predicted molar refractivity (Wildman–Crippen MR) is 71.1 cm³/mol. The molecular formula is C10H8BrNO2S2. The maximum Gasteiger partial charge on any atom is 0.350 e. The highest BCUT2D eigenvalue weighted by Gasteiger charge is 2.16. The lowest BCUT2D eigenvalue weighted by molar-refractivity contribution is 0.0607. The molecule has 2 aromatic rings. The first-order valence-electron chi connectivity index (χ1n) is 4.34. The lowest BCUT2D eigenvalue weighted by Crippen LogP contribution is -2.00. The van der Waals surface area contributed by atoms with Crippen LogP contribution in [-0.2, 0) is 4.74 Å². The highest BCUT2D eigenvalue weighted by molar-refractivity contribution is 9.11. The van der Waals surface area contributed by atoms with Gasteiger partial charge in [0.05, 0.1) is 16.6 Å². The van der Waals surface area contributed by atoms with E-state index >= 15 is 0 Å². The Bertz CT molecular complexity index is 533. The first-order valence-corrected chi connectivity index (χ1v) is 6.82. The van der Waals surface area contributed by atoms with Gasteiger partial charge in [-0.3, -0.25) is 0 Å². The monoisotopic (exact) mass is 317 g/mol. The summed E-state index contributed by atoms with van der Waals surface area (Å²) in [6.45, 7) is 0. The molecule has 0 saturated heterocycles. The van der Waals surface area contributed by atoms with Gasteiger partial charge in [-0.1, -0.05) is 0 Å². The van der Waals surface area contributed by atoms with E-state index < -0.39 is 0 Å². The number of carbonyl (C=O) groups excluding carboxylic acids is 1. The summed E-state index contributed by atoms with van der Waals surface area (Å²) in [6, 6.07) is 3.79. The molecule has 0 amide bonds. The van der Waals surface area contributed by atoms with Crippen LogP contribution in [0, 0.1) is 0 Å². The number of nitrogen functional groups attached to an aromatic ring is 1. The summed E-state index contributed by atoms with van der Waals surface area (Å²) in [6.07, 6.45) is 0. The molecule has 0 aromatic carbocycles. The van der Waals surface area contributed by atoms with Crippen LogP contribution >= 0.6 is 38.6 Å². The van der Waals surface area contributed by atoms with Gasteiger partial charge in [0, 0.05) is 15.8 Å². The van der Waals surface area contributed by atoms with E-state index in [1.807, 2.05) is 11.4 Å². The van der Waals surface area contributed by atoms with Gasteiger partial charge >= 0.3 is 5.97 Å². The van der Waals surface area contributed by atoms with Crippen LogP contribution in [0.15, 0.2) is 21.3 Å². The highest BCUT2D eigenvalue weighted by atomic mass is 79.9. The number of carbonyl (C=O) groups is 1. The van der Waals surface area contributed by atoms with E-state index in [-0.39, 0.29) is 5.97 Å². The SMILES string of the molecule is COC(=O)c1sc(-c2csc(Br)c2)cc1N. The second kappa shape index (κ2) is 4.57. The third-order valence-electron chi connectivity index (χ3n) is 1.98. The third kappa shape index (κ3) is 2.14. The minimum absolute atomic E-state index is 0.386. The van der Waals surface area contributed by atoms with Crippen molar-refractivity contribution in [2.24, 2.45) is 0 Å². The van der Waals surface area contributed by atoms with Crippen LogP contribution in [0.1, 0.15) is 9.67 Å². The molecule has 0 aliphatic carbocycles. The maximum atomic E-state index is 11.4. The number of anilines is 1. The topological polar surface area (TPSA) is 52.3 Å². The van der Waals surface area contributed by atoms with E-state index in [2.05, 4.69) is 20.7 Å². The Hall–Kier alpha value is -0.850. The summed E-state index contributed by atoms with van der Waals surface area (Å²) in [5, 5.41) is 2.01. The summed E-state index contributed by atoms with van der Waals surface area (Å²) in [5.74, 6) is -0.386. The van der Waals surface area contributed by atoms with Gasteiger partial charge in [0.1, 0.15) is 4.88 Å². The number of methoxy groups -OCH3 is 1. The van der Waals surface area contributed by atoms with Gasteiger partial charge in [-0.25, -0.2) is 4.79 Å². The van der Waals surface area contributed by atoms with Crippen molar-refractivity contribution in [2.45, 2.75) is 0 Å². The van der Waals surface area contributed by atoms with E-state index in [4.69, 9.17) is 5.73 Å². The number of hydrogen-bond donors (Lipinski definition) is 1. The summed E-state index contributed by atoms with van der Waals surface area (Å²) in [4.78, 5) is 12.8. The van der Waals surface area contributed by atoms with Crippen LogP contribution in [0.3, 0.4) is 0 Å². The lowest BCUT2D eigenvalue weighted by atomic mass is 10.2. The van der Waals surface area contributed by atoms with Gasteiger partial charge < -0.3 is 10.5 Å². The fourth-order valence-electron chi connectivity index (χ4n) is 1.24. The molecule has 2 heterocycles. The number of nitrogens with two attached hydrogens (primary N) is 1. The molecule has 2 N–H and O–H groups in total. The molecule has 16 heavy (non-hydrogen) atoms. The van der Waals surface area contributed by atoms with Crippen molar-refractivity contribution in [3.05, 3.63) is 26.2 Å². The first kappa shape index (κ1) is 11.6. The van der Waals surface area contributed by atoms with Gasteiger partial charge in [0.15, 0.2) is 0 Å². The van der Waals surface area contributed by atoms with Gasteiger partial charge in [0.2, 0.25) is 0 Å². The van der Waals surface area contributed by atoms with Crippen LogP contribution in [-0.4, -0.2) is 13.1 Å². The summed E-state index contributed by atoms with van der Waals surface area (Å²) < 4.78 is 5.71. The normalized spacial score (nSPS) is 10.4. The molecule has 0 atom stereocenters. The average Bonchev–Trinajstić information content (AvgIpc) is 2.83. The third-order valence-corrected chi connectivity index (χ3v) is 4.67. The maximum absolute atomic E-state index is 11.4. The Morgan fingerprint density at radius 1 is 1.50 bits per heavy atom. The molecule has 0 spiro atoms. The van der Waals surface area contributed by atoms with Crippen LogP contribution in [0.25, 0.3) is 10.4 Å². The van der Waals surface area contributed by atoms with E-state index in [9.17, 15) is 4.79 Å². The van der Waals surface area contributed by atoms with E-state index in [0.29, 0.717) is 10.6 Å². The molecule has 0 unspecified atom stereocenters. The lowest BCUT2D eigenvalue weighted by Gasteiger charge is -1.94. The van der Waals surface area contributed by atoms with Crippen molar-refractivity contribution in [3.8, 4) is 10.4 Å². The average molecular weight is 318 g/mol. The molecule has 6 heteroatoms. The smallest absolute Gasteiger partial charge is 0.350 e. The molecule has 2 aromatic heterocycles. The first-order chi connectivity index (χ1) is 7.61. The largest absolute Gasteiger partial charge is 0.465 e. The van der Waals surface area contributed by atoms with Gasteiger partial charge in [-0.05, 0) is 28.1 Å². The van der Waals surface area contributed by atoms with Crippen molar-refractivity contribution in [1.82, 2.24) is 0 Å². The van der Waals surface area contributed by atoms with Crippen LogP contribution in [0.5, 0.6) is 0 Å². The number of ether oxygens (including phenoxy) is 1. The van der Waals surface area contributed by atoms with Crippen molar-refractivity contribution in [2.75, 3.05) is 12.8 Å². The van der Waals surface area contributed by atoms with Crippen LogP contribution < -0.4 is 5.73 Å². The zero-order valence-electron chi connectivity index (χ0n) is 8.32. The number of halogens is 1. The Morgan fingerprint density at radius 3 is 2.81 bits per heavy atom. The Balaban J connectivity index is 2.41. The van der Waals surface area contributed by atoms with Crippen molar-refractivity contribution >= 4 is 50.3 Å². The molecule has 0 aliphatic rings. The van der Waals surface area contributed by atoms with Gasteiger partial charge in [-0.2, -0.15) is 0 Å². The molecule has 0 fully saturated rings. The molecule has 0 bridgehead atoms. The fourth-order valence-corrected chi connectivity index (χ4v) is 3.45. The Kier molecular flexibility index (Phi) is 3.32. The van der Waals surface area contributed by atoms with Crippen LogP contribution in [0.2, 0.25) is 0 Å². The second-order valence-corrected chi connectivity index (χ2v) is 6.37. The minimum atomic E-state index is -0.386. The summed E-state index contributed by atoms with van der Waals surface area (Å²) >= 11 is 6.34. The number of rotatable bonds is 2. The standard InChI is InChI=1S/C10H8BrNO2S2/c1-14-10(13)9-6(12)3-7(16-9)5-2-8(11)15-4-5/h2-4H,12H2,1H3. The minimum Gasteiger partial charge on any atom is -0.465 e. The number of esters is 1. The molecule has 2 rings (SSSR count). The van der Waals surface area contributed by atoms with Gasteiger partial charge in [0.25, 0.3) is 0 Å². The van der Waals surface area contributed by atoms with E-state index in [1.54, 1.807) is 17.4 Å². The Labute approximate surface area is 109 Å². The van der Waals surface area contributed by atoms with E-state index in [0.717, 1.165) is 14.2 Å². The fraction of sp³-hybridized carbons (Fsp3) is 0.100. The molecule has 0 aliphatic heterocycles. The second-order valence-electron chi connectivity index (χ2n) is 3.03.